The molecule has 0 aliphatic carbocycles. The number of hydrogen-bond acceptors (Lipinski definition) is 3. The van der Waals surface area contributed by atoms with Crippen LogP contribution in [0.15, 0.2) is 78.9 Å². The molecule has 0 bridgehead atoms. The molecule has 0 fully saturated rings. The van der Waals surface area contributed by atoms with E-state index in [4.69, 9.17) is 10.1 Å². The van der Waals surface area contributed by atoms with Gasteiger partial charge in [-0.1, -0.05) is 54.6 Å². The summed E-state index contributed by atoms with van der Waals surface area (Å²) in [4.78, 5) is 15.6. The summed E-state index contributed by atoms with van der Waals surface area (Å²) in [6, 6.07) is 24.0. The topological polar surface area (TPSA) is 62.2 Å². The first-order valence-corrected chi connectivity index (χ1v) is 9.32. The van der Waals surface area contributed by atoms with Gasteiger partial charge < -0.3 is 10.4 Å². The van der Waals surface area contributed by atoms with Crippen molar-refractivity contribution in [3.8, 4) is 22.4 Å². The van der Waals surface area contributed by atoms with E-state index in [1.165, 1.54) is 12.1 Å². The largest absolute Gasteiger partial charge is 0.481 e. The normalized spacial score (nSPS) is 10.8. The van der Waals surface area contributed by atoms with Crippen molar-refractivity contribution in [3.63, 3.8) is 0 Å². The Balaban J connectivity index is 1.68. The minimum absolute atomic E-state index is 0.0360. The van der Waals surface area contributed by atoms with Crippen molar-refractivity contribution in [2.45, 2.75) is 6.42 Å². The minimum atomic E-state index is -0.843. The van der Waals surface area contributed by atoms with E-state index in [0.717, 1.165) is 39.0 Å². The van der Waals surface area contributed by atoms with Gasteiger partial charge in [-0.3, -0.25) is 4.79 Å². The molecule has 0 spiro atoms. The molecule has 1 heterocycles. The van der Waals surface area contributed by atoms with Gasteiger partial charge in [-0.2, -0.15) is 0 Å². The molecule has 4 nitrogen and oxygen atoms in total. The molecule has 144 valence electrons. The molecule has 2 N–H and O–H groups in total. The number of aliphatic carboxylic acids is 1. The average Bonchev–Trinajstić information content (AvgIpc) is 2.73. The number of hydrogen-bond donors (Lipinski definition) is 2. The SMILES string of the molecule is O=C(O)CCNc1cc(-c2ccc(-c3cccc(F)c3)cc2)nc2ccccc12. The molecular formula is C24H19FN2O2. The summed E-state index contributed by atoms with van der Waals surface area (Å²) in [5, 5.41) is 13.1. The Morgan fingerprint density at radius 2 is 1.66 bits per heavy atom. The molecule has 0 aliphatic rings. The van der Waals surface area contributed by atoms with Crippen molar-refractivity contribution in [2.24, 2.45) is 0 Å². The maximum Gasteiger partial charge on any atom is 0.305 e. The Hall–Kier alpha value is -3.73. The summed E-state index contributed by atoms with van der Waals surface area (Å²) in [5.74, 6) is -1.11. The highest BCUT2D eigenvalue weighted by molar-refractivity contribution is 5.94. The number of benzene rings is 3. The summed E-state index contributed by atoms with van der Waals surface area (Å²) in [7, 11) is 0. The number of nitrogens with zero attached hydrogens (tertiary/aromatic N) is 1. The molecule has 5 heteroatoms. The van der Waals surface area contributed by atoms with Gasteiger partial charge in [-0.25, -0.2) is 9.37 Å². The summed E-state index contributed by atoms with van der Waals surface area (Å²) in [6.45, 7) is 0.335. The summed E-state index contributed by atoms with van der Waals surface area (Å²) in [5.41, 5.74) is 5.13. The van der Waals surface area contributed by atoms with E-state index < -0.39 is 5.97 Å². The van der Waals surface area contributed by atoms with E-state index in [9.17, 15) is 9.18 Å². The molecule has 3 aromatic carbocycles. The number of anilines is 1. The first-order chi connectivity index (χ1) is 14.1. The molecule has 29 heavy (non-hydrogen) atoms. The lowest BCUT2D eigenvalue weighted by Gasteiger charge is -2.12. The van der Waals surface area contributed by atoms with Crippen LogP contribution >= 0.6 is 0 Å². The fraction of sp³-hybridized carbons (Fsp3) is 0.0833. The lowest BCUT2D eigenvalue weighted by Crippen LogP contribution is -2.08. The van der Waals surface area contributed by atoms with Gasteiger partial charge in [-0.05, 0) is 35.4 Å². The highest BCUT2D eigenvalue weighted by Gasteiger charge is 2.09. The Bertz CT molecular complexity index is 1170. The first kappa shape index (κ1) is 18.6. The summed E-state index contributed by atoms with van der Waals surface area (Å²) < 4.78 is 13.5. The molecule has 0 saturated carbocycles. The monoisotopic (exact) mass is 386 g/mol. The summed E-state index contributed by atoms with van der Waals surface area (Å²) >= 11 is 0. The van der Waals surface area contributed by atoms with Crippen LogP contribution in [0, 0.1) is 5.82 Å². The van der Waals surface area contributed by atoms with Gasteiger partial charge in [0, 0.05) is 23.2 Å². The molecular weight excluding hydrogens is 367 g/mol. The Labute approximate surface area is 167 Å². The van der Waals surface area contributed by atoms with Gasteiger partial charge in [0.1, 0.15) is 5.82 Å². The zero-order valence-electron chi connectivity index (χ0n) is 15.6. The van der Waals surface area contributed by atoms with Crippen molar-refractivity contribution in [1.82, 2.24) is 4.98 Å². The molecule has 0 radical (unpaired) electrons. The van der Waals surface area contributed by atoms with Crippen LogP contribution in [-0.4, -0.2) is 22.6 Å². The zero-order chi connectivity index (χ0) is 20.2. The van der Waals surface area contributed by atoms with Crippen molar-refractivity contribution in [3.05, 3.63) is 84.7 Å². The number of aromatic nitrogens is 1. The number of pyridine rings is 1. The Kier molecular flexibility index (Phi) is 5.20. The predicted molar refractivity (Wildman–Crippen MR) is 113 cm³/mol. The van der Waals surface area contributed by atoms with Crippen LogP contribution in [0.4, 0.5) is 10.1 Å². The highest BCUT2D eigenvalue weighted by Crippen LogP contribution is 2.30. The smallest absolute Gasteiger partial charge is 0.305 e. The number of halogens is 1. The number of rotatable bonds is 6. The number of para-hydroxylation sites is 1. The molecule has 4 aromatic rings. The molecule has 0 unspecified atom stereocenters. The van der Waals surface area contributed by atoms with Gasteiger partial charge >= 0.3 is 5.97 Å². The van der Waals surface area contributed by atoms with Gasteiger partial charge in [0.25, 0.3) is 0 Å². The number of nitrogens with one attached hydrogen (secondary N) is 1. The van der Waals surface area contributed by atoms with E-state index in [0.29, 0.717) is 6.54 Å². The lowest BCUT2D eigenvalue weighted by molar-refractivity contribution is -0.136. The third kappa shape index (κ3) is 4.24. The molecule has 0 aliphatic heterocycles. The highest BCUT2D eigenvalue weighted by atomic mass is 19.1. The van der Waals surface area contributed by atoms with Crippen molar-refractivity contribution in [2.75, 3.05) is 11.9 Å². The Morgan fingerprint density at radius 1 is 0.897 bits per heavy atom. The molecule has 0 amide bonds. The number of carboxylic acids is 1. The van der Waals surface area contributed by atoms with Crippen LogP contribution in [0.5, 0.6) is 0 Å². The van der Waals surface area contributed by atoms with Crippen LogP contribution in [0.1, 0.15) is 6.42 Å². The molecule has 0 atom stereocenters. The molecule has 4 rings (SSSR count). The third-order valence-corrected chi connectivity index (χ3v) is 4.71. The maximum absolute atomic E-state index is 13.5. The number of fused-ring (bicyclic) bond motifs is 1. The number of carbonyl (C=O) groups is 1. The Morgan fingerprint density at radius 3 is 2.41 bits per heavy atom. The predicted octanol–water partition coefficient (Wildman–Crippen LogP) is 5.59. The van der Waals surface area contributed by atoms with Gasteiger partial charge in [0.2, 0.25) is 0 Å². The average molecular weight is 386 g/mol. The van der Waals surface area contributed by atoms with E-state index in [2.05, 4.69) is 5.32 Å². The zero-order valence-corrected chi connectivity index (χ0v) is 15.6. The second kappa shape index (κ2) is 8.10. The maximum atomic E-state index is 13.5. The minimum Gasteiger partial charge on any atom is -0.481 e. The second-order valence-electron chi connectivity index (χ2n) is 6.73. The van der Waals surface area contributed by atoms with Crippen LogP contribution in [-0.2, 0) is 4.79 Å². The standard InChI is InChI=1S/C24H19FN2O2/c25-19-5-3-4-18(14-19)16-8-10-17(11-9-16)22-15-23(26-13-12-24(28)29)20-6-1-2-7-21(20)27-22/h1-11,14-15H,12-13H2,(H,26,27)(H,28,29). The second-order valence-corrected chi connectivity index (χ2v) is 6.73. The third-order valence-electron chi connectivity index (χ3n) is 4.71. The fourth-order valence-corrected chi connectivity index (χ4v) is 3.28. The van der Waals surface area contributed by atoms with E-state index >= 15 is 0 Å². The number of carboxylic acid groups (broad SMARTS) is 1. The van der Waals surface area contributed by atoms with Gasteiger partial charge in [0.05, 0.1) is 17.6 Å². The van der Waals surface area contributed by atoms with Crippen LogP contribution in [0.3, 0.4) is 0 Å². The van der Waals surface area contributed by atoms with Crippen LogP contribution in [0.2, 0.25) is 0 Å². The van der Waals surface area contributed by atoms with E-state index in [-0.39, 0.29) is 12.2 Å². The van der Waals surface area contributed by atoms with Crippen LogP contribution in [0.25, 0.3) is 33.3 Å². The first-order valence-electron chi connectivity index (χ1n) is 9.32. The van der Waals surface area contributed by atoms with E-state index in [1.54, 1.807) is 6.07 Å². The van der Waals surface area contributed by atoms with E-state index in [1.807, 2.05) is 60.7 Å². The van der Waals surface area contributed by atoms with Gasteiger partial charge in [0.15, 0.2) is 0 Å². The molecule has 0 saturated heterocycles. The van der Waals surface area contributed by atoms with Crippen molar-refractivity contribution in [1.29, 1.82) is 0 Å². The van der Waals surface area contributed by atoms with Crippen molar-refractivity contribution >= 4 is 22.6 Å². The van der Waals surface area contributed by atoms with Gasteiger partial charge in [-0.15, -0.1) is 0 Å². The van der Waals surface area contributed by atoms with Crippen LogP contribution < -0.4 is 5.32 Å². The quantitative estimate of drug-likeness (QED) is 0.453. The fourth-order valence-electron chi connectivity index (χ4n) is 3.28. The van der Waals surface area contributed by atoms with Crippen molar-refractivity contribution < 1.29 is 14.3 Å². The molecule has 1 aromatic heterocycles. The summed E-state index contributed by atoms with van der Waals surface area (Å²) in [6.07, 6.45) is 0.0360. The lowest BCUT2D eigenvalue weighted by atomic mass is 10.0.